The highest BCUT2D eigenvalue weighted by molar-refractivity contribution is 8.00. The quantitative estimate of drug-likeness (QED) is 0.848. The van der Waals surface area contributed by atoms with E-state index in [1.165, 1.54) is 23.2 Å². The van der Waals surface area contributed by atoms with Crippen LogP contribution in [0.5, 0.6) is 0 Å². The first kappa shape index (κ1) is 17.2. The van der Waals surface area contributed by atoms with Crippen LogP contribution in [0, 0.1) is 13.8 Å². The molecule has 0 aliphatic carbocycles. The van der Waals surface area contributed by atoms with Crippen LogP contribution >= 0.6 is 11.8 Å². The fourth-order valence-corrected chi connectivity index (χ4v) is 3.89. The molecule has 2 aromatic rings. The molecule has 1 N–H and O–H groups in total. The standard InChI is InChI=1S/C18H16N2O4S/c1-10-5-6-13(11(2)8-10)20-15(21)9-14(17(20)22)25-16-12(18(23)24)4-3-7-19-16/h3-8,14H,9H2,1-2H3,(H,23,24)/t14-/m0/s1. The third-order valence-corrected chi connectivity index (χ3v) is 5.16. The Balaban J connectivity index is 1.88. The highest BCUT2D eigenvalue weighted by Gasteiger charge is 2.41. The average Bonchev–Trinajstić information content (AvgIpc) is 2.82. The minimum atomic E-state index is -1.11. The smallest absolute Gasteiger partial charge is 0.338 e. The van der Waals surface area contributed by atoms with Crippen LogP contribution in [-0.4, -0.2) is 33.1 Å². The maximum Gasteiger partial charge on any atom is 0.338 e. The van der Waals surface area contributed by atoms with Crippen molar-refractivity contribution in [3.8, 4) is 0 Å². The van der Waals surface area contributed by atoms with Crippen LogP contribution in [0.3, 0.4) is 0 Å². The van der Waals surface area contributed by atoms with E-state index in [1.54, 1.807) is 6.07 Å². The molecule has 2 heterocycles. The molecule has 1 aliphatic rings. The van der Waals surface area contributed by atoms with Gasteiger partial charge >= 0.3 is 5.97 Å². The third kappa shape index (κ3) is 3.28. The number of hydrogen-bond donors (Lipinski definition) is 1. The Morgan fingerprint density at radius 3 is 2.72 bits per heavy atom. The monoisotopic (exact) mass is 356 g/mol. The zero-order valence-corrected chi connectivity index (χ0v) is 14.5. The fourth-order valence-electron chi connectivity index (χ4n) is 2.79. The summed E-state index contributed by atoms with van der Waals surface area (Å²) in [6.45, 7) is 3.79. The minimum Gasteiger partial charge on any atom is -0.478 e. The molecule has 6 nitrogen and oxygen atoms in total. The Morgan fingerprint density at radius 1 is 1.28 bits per heavy atom. The lowest BCUT2D eigenvalue weighted by Gasteiger charge is -2.17. The highest BCUT2D eigenvalue weighted by atomic mass is 32.2. The maximum absolute atomic E-state index is 12.7. The topological polar surface area (TPSA) is 87.6 Å². The van der Waals surface area contributed by atoms with Crippen LogP contribution in [0.1, 0.15) is 27.9 Å². The SMILES string of the molecule is Cc1ccc(N2C(=O)C[C@H](Sc3ncccc3C(=O)O)C2=O)c(C)c1. The maximum atomic E-state index is 12.7. The predicted molar refractivity (Wildman–Crippen MR) is 93.9 cm³/mol. The lowest BCUT2D eigenvalue weighted by molar-refractivity contribution is -0.121. The van der Waals surface area contributed by atoms with Crippen molar-refractivity contribution in [2.24, 2.45) is 0 Å². The number of carbonyl (C=O) groups excluding carboxylic acids is 2. The average molecular weight is 356 g/mol. The normalized spacial score (nSPS) is 17.2. The van der Waals surface area contributed by atoms with Gasteiger partial charge in [0.1, 0.15) is 5.03 Å². The summed E-state index contributed by atoms with van der Waals surface area (Å²) in [7, 11) is 0. The molecule has 1 saturated heterocycles. The van der Waals surface area contributed by atoms with Crippen molar-refractivity contribution in [2.75, 3.05) is 4.90 Å². The number of benzene rings is 1. The first-order valence-electron chi connectivity index (χ1n) is 7.67. The van der Waals surface area contributed by atoms with E-state index in [2.05, 4.69) is 4.98 Å². The number of hydrogen-bond acceptors (Lipinski definition) is 5. The lowest BCUT2D eigenvalue weighted by atomic mass is 10.1. The minimum absolute atomic E-state index is 0.0203. The zero-order chi connectivity index (χ0) is 18.1. The fraction of sp³-hybridized carbons (Fsp3) is 0.222. The van der Waals surface area contributed by atoms with E-state index in [4.69, 9.17) is 0 Å². The van der Waals surface area contributed by atoms with Gasteiger partial charge in [0.15, 0.2) is 0 Å². The molecule has 0 radical (unpaired) electrons. The van der Waals surface area contributed by atoms with Gasteiger partial charge in [-0.25, -0.2) is 14.7 Å². The van der Waals surface area contributed by atoms with Crippen molar-refractivity contribution in [2.45, 2.75) is 30.5 Å². The molecule has 1 aromatic carbocycles. The number of carboxylic acid groups (broad SMARTS) is 1. The van der Waals surface area contributed by atoms with E-state index in [0.717, 1.165) is 22.9 Å². The Bertz CT molecular complexity index is 881. The molecule has 2 amide bonds. The largest absolute Gasteiger partial charge is 0.478 e. The van der Waals surface area contributed by atoms with Gasteiger partial charge in [0.25, 0.3) is 0 Å². The van der Waals surface area contributed by atoms with Gasteiger partial charge in [-0.3, -0.25) is 9.59 Å². The van der Waals surface area contributed by atoms with E-state index in [-0.39, 0.29) is 28.8 Å². The number of carbonyl (C=O) groups is 3. The number of rotatable bonds is 4. The van der Waals surface area contributed by atoms with Crippen LogP contribution in [0.15, 0.2) is 41.6 Å². The van der Waals surface area contributed by atoms with Crippen molar-refractivity contribution in [1.82, 2.24) is 4.98 Å². The molecule has 25 heavy (non-hydrogen) atoms. The first-order valence-corrected chi connectivity index (χ1v) is 8.55. The summed E-state index contributed by atoms with van der Waals surface area (Å²) < 4.78 is 0. The van der Waals surface area contributed by atoms with Gasteiger partial charge in [0, 0.05) is 12.6 Å². The van der Waals surface area contributed by atoms with Crippen LogP contribution in [0.25, 0.3) is 0 Å². The third-order valence-electron chi connectivity index (χ3n) is 3.95. The predicted octanol–water partition coefficient (Wildman–Crippen LogP) is 2.82. The molecule has 3 rings (SSSR count). The van der Waals surface area contributed by atoms with Gasteiger partial charge in [0.05, 0.1) is 16.5 Å². The van der Waals surface area contributed by atoms with E-state index in [9.17, 15) is 19.5 Å². The van der Waals surface area contributed by atoms with Crippen molar-refractivity contribution in [1.29, 1.82) is 0 Å². The number of pyridine rings is 1. The van der Waals surface area contributed by atoms with Gasteiger partial charge in [-0.15, -0.1) is 0 Å². The number of nitrogens with zero attached hydrogens (tertiary/aromatic N) is 2. The molecule has 128 valence electrons. The van der Waals surface area contributed by atoms with Crippen molar-refractivity contribution >= 4 is 35.2 Å². The van der Waals surface area contributed by atoms with E-state index >= 15 is 0 Å². The molecule has 1 aromatic heterocycles. The molecule has 0 bridgehead atoms. The van der Waals surface area contributed by atoms with E-state index in [0.29, 0.717) is 5.69 Å². The number of aryl methyl sites for hydroxylation is 2. The molecular formula is C18H16N2O4S. The van der Waals surface area contributed by atoms with Crippen molar-refractivity contribution in [3.63, 3.8) is 0 Å². The summed E-state index contributed by atoms with van der Waals surface area (Å²) >= 11 is 1.02. The Hall–Kier alpha value is -2.67. The number of aromatic nitrogens is 1. The molecule has 1 fully saturated rings. The summed E-state index contributed by atoms with van der Waals surface area (Å²) in [5, 5.41) is 8.79. The second-order valence-electron chi connectivity index (χ2n) is 5.83. The molecule has 7 heteroatoms. The number of carboxylic acids is 1. The number of imide groups is 1. The second kappa shape index (κ2) is 6.68. The van der Waals surface area contributed by atoms with Gasteiger partial charge in [-0.2, -0.15) is 0 Å². The molecular weight excluding hydrogens is 340 g/mol. The highest BCUT2D eigenvalue weighted by Crippen LogP contribution is 2.35. The Kier molecular flexibility index (Phi) is 4.59. The van der Waals surface area contributed by atoms with Gasteiger partial charge < -0.3 is 5.11 Å². The number of anilines is 1. The van der Waals surface area contributed by atoms with Gasteiger partial charge in [0.2, 0.25) is 11.8 Å². The van der Waals surface area contributed by atoms with Crippen molar-refractivity contribution < 1.29 is 19.5 Å². The number of aromatic carboxylic acids is 1. The molecule has 0 unspecified atom stereocenters. The summed E-state index contributed by atoms with van der Waals surface area (Å²) in [6, 6.07) is 8.48. The summed E-state index contributed by atoms with van der Waals surface area (Å²) in [6.07, 6.45) is 1.49. The van der Waals surface area contributed by atoms with Crippen LogP contribution < -0.4 is 4.90 Å². The van der Waals surface area contributed by atoms with E-state index < -0.39 is 11.2 Å². The first-order chi connectivity index (χ1) is 11.9. The molecule has 1 aliphatic heterocycles. The van der Waals surface area contributed by atoms with E-state index in [1.807, 2.05) is 26.0 Å². The lowest BCUT2D eigenvalue weighted by Crippen LogP contribution is -2.31. The number of thioether (sulfide) groups is 1. The van der Waals surface area contributed by atoms with Crippen molar-refractivity contribution in [3.05, 3.63) is 53.2 Å². The van der Waals surface area contributed by atoms with Crippen LogP contribution in [0.4, 0.5) is 5.69 Å². The molecule has 0 spiro atoms. The van der Waals surface area contributed by atoms with Crippen LogP contribution in [0.2, 0.25) is 0 Å². The molecule has 0 saturated carbocycles. The summed E-state index contributed by atoms with van der Waals surface area (Å²) in [5.41, 5.74) is 2.49. The summed E-state index contributed by atoms with van der Waals surface area (Å²) in [4.78, 5) is 41.7. The van der Waals surface area contributed by atoms with Gasteiger partial charge in [-0.1, -0.05) is 29.5 Å². The van der Waals surface area contributed by atoms with Gasteiger partial charge in [-0.05, 0) is 37.6 Å². The zero-order valence-electron chi connectivity index (χ0n) is 13.7. The Labute approximate surface area is 148 Å². The molecule has 1 atom stereocenters. The Morgan fingerprint density at radius 2 is 2.04 bits per heavy atom. The van der Waals surface area contributed by atoms with Crippen LogP contribution in [-0.2, 0) is 9.59 Å². The second-order valence-corrected chi connectivity index (χ2v) is 7.02. The summed E-state index contributed by atoms with van der Waals surface area (Å²) in [5.74, 6) is -1.75. The number of amides is 2.